The molecule has 0 amide bonds. The van der Waals surface area contributed by atoms with E-state index in [0.717, 1.165) is 5.56 Å². The first-order valence-electron chi connectivity index (χ1n) is 12.4. The first-order chi connectivity index (χ1) is 18.3. The van der Waals surface area contributed by atoms with Crippen LogP contribution in [-0.4, -0.2) is 47.9 Å². The molecule has 0 N–H and O–H groups in total. The van der Waals surface area contributed by atoms with Crippen molar-refractivity contribution in [1.82, 2.24) is 5.01 Å². The van der Waals surface area contributed by atoms with Gasteiger partial charge in [0.1, 0.15) is 17.8 Å². The molecule has 2 fully saturated rings. The molecule has 3 aromatic carbocycles. The van der Waals surface area contributed by atoms with Crippen LogP contribution in [0.5, 0.6) is 5.75 Å². The van der Waals surface area contributed by atoms with E-state index in [9.17, 15) is 14.4 Å². The predicted octanol–water partition coefficient (Wildman–Crippen LogP) is 4.26. The maximum atomic E-state index is 14.3. The van der Waals surface area contributed by atoms with Gasteiger partial charge in [0.15, 0.2) is 5.78 Å². The number of cyclic esters (lactones) is 2. The third-order valence-electron chi connectivity index (χ3n) is 7.56. The Hall–Kier alpha value is -4.46. The number of Topliss-reactive ketones (excluding diaryl/α,β-unsaturated/α-hetero) is 1. The van der Waals surface area contributed by atoms with Gasteiger partial charge in [-0.1, -0.05) is 54.6 Å². The number of hydrazone groups is 1. The molecule has 1 spiro atoms. The van der Waals surface area contributed by atoms with E-state index < -0.39 is 41.1 Å². The number of esters is 2. The van der Waals surface area contributed by atoms with E-state index in [1.165, 1.54) is 13.8 Å². The van der Waals surface area contributed by atoms with Crippen molar-refractivity contribution in [3.63, 3.8) is 0 Å². The quantitative estimate of drug-likeness (QED) is 0.294. The van der Waals surface area contributed by atoms with Gasteiger partial charge in [-0.25, -0.2) is 0 Å². The van der Waals surface area contributed by atoms with Gasteiger partial charge in [0.05, 0.1) is 13.3 Å². The van der Waals surface area contributed by atoms with Gasteiger partial charge in [-0.2, -0.15) is 5.10 Å². The predicted molar refractivity (Wildman–Crippen MR) is 138 cm³/mol. The third kappa shape index (κ3) is 3.36. The summed E-state index contributed by atoms with van der Waals surface area (Å²) in [6.07, 6.45) is 1.66. The summed E-state index contributed by atoms with van der Waals surface area (Å²) >= 11 is 0. The SMILES string of the molecule is COc1ccc(C(=O)C2C(c3ccccc3)C3(C(=O)OC(C)(C)OC3=O)C3c4ccccc4C=NN23)cc1. The minimum absolute atomic E-state index is 0.287. The van der Waals surface area contributed by atoms with Crippen LogP contribution in [0.1, 0.15) is 52.9 Å². The Morgan fingerprint density at radius 1 is 0.895 bits per heavy atom. The second kappa shape index (κ2) is 8.55. The normalized spacial score (nSPS) is 24.3. The van der Waals surface area contributed by atoms with Crippen molar-refractivity contribution in [2.24, 2.45) is 10.5 Å². The van der Waals surface area contributed by atoms with Gasteiger partial charge < -0.3 is 14.2 Å². The Morgan fingerprint density at radius 2 is 1.53 bits per heavy atom. The van der Waals surface area contributed by atoms with Gasteiger partial charge in [-0.15, -0.1) is 0 Å². The molecule has 0 saturated carbocycles. The van der Waals surface area contributed by atoms with Crippen LogP contribution in [-0.2, 0) is 19.1 Å². The fourth-order valence-corrected chi connectivity index (χ4v) is 5.97. The fraction of sp³-hybridized carbons (Fsp3) is 0.267. The molecule has 0 radical (unpaired) electrons. The number of ether oxygens (including phenoxy) is 3. The molecule has 0 bridgehead atoms. The molecule has 3 unspecified atom stereocenters. The minimum atomic E-state index is -1.88. The lowest BCUT2D eigenvalue weighted by Gasteiger charge is -2.44. The molecule has 0 aliphatic carbocycles. The lowest BCUT2D eigenvalue weighted by Crippen LogP contribution is -2.58. The van der Waals surface area contributed by atoms with Crippen LogP contribution in [0.3, 0.4) is 0 Å². The highest BCUT2D eigenvalue weighted by molar-refractivity contribution is 6.09. The van der Waals surface area contributed by atoms with Crippen LogP contribution in [0, 0.1) is 5.41 Å². The molecular weight excluding hydrogens is 484 g/mol. The lowest BCUT2D eigenvalue weighted by atomic mass is 9.65. The lowest BCUT2D eigenvalue weighted by molar-refractivity contribution is -0.254. The molecular formula is C30H26N2O6. The molecule has 38 heavy (non-hydrogen) atoms. The molecule has 8 nitrogen and oxygen atoms in total. The number of methoxy groups -OCH3 is 1. The average molecular weight is 511 g/mol. The second-order valence-corrected chi connectivity index (χ2v) is 10.1. The van der Waals surface area contributed by atoms with Gasteiger partial charge in [-0.05, 0) is 41.0 Å². The number of nitrogens with zero attached hydrogens (tertiary/aromatic N) is 2. The summed E-state index contributed by atoms with van der Waals surface area (Å²) < 4.78 is 16.8. The number of hydrogen-bond donors (Lipinski definition) is 0. The molecule has 2 saturated heterocycles. The Kier molecular flexibility index (Phi) is 5.38. The Bertz CT molecular complexity index is 1440. The highest BCUT2D eigenvalue weighted by atomic mass is 16.7. The summed E-state index contributed by atoms with van der Waals surface area (Å²) in [6, 6.07) is 21.3. The number of carbonyl (C=O) groups excluding carboxylic acids is 3. The number of hydrogen-bond acceptors (Lipinski definition) is 8. The monoisotopic (exact) mass is 510 g/mol. The van der Waals surface area contributed by atoms with Gasteiger partial charge >= 0.3 is 11.9 Å². The van der Waals surface area contributed by atoms with Crippen molar-refractivity contribution in [2.45, 2.75) is 37.6 Å². The van der Waals surface area contributed by atoms with Crippen molar-refractivity contribution < 1.29 is 28.6 Å². The highest BCUT2D eigenvalue weighted by Gasteiger charge is 2.75. The number of ketones is 1. The van der Waals surface area contributed by atoms with Crippen molar-refractivity contribution in [3.8, 4) is 5.75 Å². The summed E-state index contributed by atoms with van der Waals surface area (Å²) in [5.41, 5.74) is 0.608. The van der Waals surface area contributed by atoms with Crippen LogP contribution in [0.25, 0.3) is 0 Å². The molecule has 3 atom stereocenters. The maximum Gasteiger partial charge on any atom is 0.330 e. The number of carbonyl (C=O) groups is 3. The standard InChI is InChI=1S/C30H26N2O6/c1-29(2)37-27(34)30(28(35)38-29)23(18-9-5-4-6-10-18)24(25(33)19-13-15-21(36-3)16-14-19)32-26(30)22-12-8-7-11-20(22)17-31-32/h4-17,23-24,26H,1-3H3. The zero-order valence-corrected chi connectivity index (χ0v) is 21.2. The largest absolute Gasteiger partial charge is 0.497 e. The minimum Gasteiger partial charge on any atom is -0.497 e. The van der Waals surface area contributed by atoms with E-state index in [2.05, 4.69) is 5.10 Å². The topological polar surface area (TPSA) is 94.5 Å². The van der Waals surface area contributed by atoms with Crippen molar-refractivity contribution >= 4 is 23.9 Å². The summed E-state index contributed by atoms with van der Waals surface area (Å²) in [5, 5.41) is 6.26. The van der Waals surface area contributed by atoms with Crippen LogP contribution >= 0.6 is 0 Å². The van der Waals surface area contributed by atoms with Gasteiger partial charge in [-0.3, -0.25) is 19.4 Å². The van der Waals surface area contributed by atoms with Crippen molar-refractivity contribution in [2.75, 3.05) is 7.11 Å². The third-order valence-corrected chi connectivity index (χ3v) is 7.56. The van der Waals surface area contributed by atoms with Crippen LogP contribution in [0.2, 0.25) is 0 Å². The van der Waals surface area contributed by atoms with E-state index in [1.54, 1.807) is 42.6 Å². The Morgan fingerprint density at radius 3 is 2.18 bits per heavy atom. The highest BCUT2D eigenvalue weighted by Crippen LogP contribution is 2.62. The number of rotatable bonds is 4. The summed E-state index contributed by atoms with van der Waals surface area (Å²) in [7, 11) is 1.55. The first kappa shape index (κ1) is 23.9. The van der Waals surface area contributed by atoms with Gasteiger partial charge in [0.2, 0.25) is 5.41 Å². The zero-order valence-electron chi connectivity index (χ0n) is 21.2. The van der Waals surface area contributed by atoms with Gasteiger partial charge in [0.25, 0.3) is 5.79 Å². The first-order valence-corrected chi connectivity index (χ1v) is 12.4. The zero-order chi connectivity index (χ0) is 26.7. The Balaban J connectivity index is 1.62. The fourth-order valence-electron chi connectivity index (χ4n) is 5.97. The molecule has 3 aliphatic heterocycles. The van der Waals surface area contributed by atoms with Crippen LogP contribution in [0.4, 0.5) is 0 Å². The molecule has 3 aliphatic rings. The van der Waals surface area contributed by atoms with Crippen molar-refractivity contribution in [3.05, 3.63) is 101 Å². The van der Waals surface area contributed by atoms with Crippen LogP contribution < -0.4 is 4.74 Å². The van der Waals surface area contributed by atoms with Gasteiger partial charge in [0, 0.05) is 25.3 Å². The molecule has 0 aromatic heterocycles. The molecule has 3 heterocycles. The van der Waals surface area contributed by atoms with E-state index in [0.29, 0.717) is 22.4 Å². The van der Waals surface area contributed by atoms with E-state index in [4.69, 9.17) is 14.2 Å². The number of benzene rings is 3. The molecule has 6 rings (SSSR count). The van der Waals surface area contributed by atoms with Crippen molar-refractivity contribution in [1.29, 1.82) is 0 Å². The summed E-state index contributed by atoms with van der Waals surface area (Å²) in [5.74, 6) is -3.54. The maximum absolute atomic E-state index is 14.3. The average Bonchev–Trinajstić information content (AvgIpc) is 3.24. The molecule has 192 valence electrons. The van der Waals surface area contributed by atoms with E-state index >= 15 is 0 Å². The molecule has 3 aromatic rings. The van der Waals surface area contributed by atoms with E-state index in [-0.39, 0.29) is 5.78 Å². The van der Waals surface area contributed by atoms with Crippen LogP contribution in [0.15, 0.2) is 84.0 Å². The second-order valence-electron chi connectivity index (χ2n) is 10.1. The van der Waals surface area contributed by atoms with E-state index in [1.807, 2.05) is 54.6 Å². The number of fused-ring (bicyclic) bond motifs is 4. The summed E-state index contributed by atoms with van der Waals surface area (Å²) in [6.45, 7) is 3.04. The Labute approximate surface area is 219 Å². The molecule has 8 heteroatoms. The smallest absolute Gasteiger partial charge is 0.330 e. The summed E-state index contributed by atoms with van der Waals surface area (Å²) in [4.78, 5) is 42.6.